The maximum Gasteiger partial charge on any atom is 0.330 e. The molecule has 0 atom stereocenters. The summed E-state index contributed by atoms with van der Waals surface area (Å²) >= 11 is 5.98. The van der Waals surface area contributed by atoms with E-state index < -0.39 is 17.2 Å². The van der Waals surface area contributed by atoms with Gasteiger partial charge in [-0.2, -0.15) is 0 Å². The number of aryl methyl sites for hydroxylation is 1. The van der Waals surface area contributed by atoms with Gasteiger partial charge in [0, 0.05) is 45.5 Å². The van der Waals surface area contributed by atoms with Crippen LogP contribution in [0.1, 0.15) is 5.56 Å². The molecule has 1 N–H and O–H groups in total. The number of carbonyl (C=O) groups is 1. The maximum atomic E-state index is 12.2. The van der Waals surface area contributed by atoms with Crippen LogP contribution in [0, 0.1) is 0 Å². The predicted molar refractivity (Wildman–Crippen MR) is 100 cm³/mol. The molecule has 2 rings (SSSR count). The fraction of sp³-hybridized carbons (Fsp3) is 0.235. The zero-order valence-electron chi connectivity index (χ0n) is 14.4. The summed E-state index contributed by atoms with van der Waals surface area (Å²) in [4.78, 5) is 37.7. The van der Waals surface area contributed by atoms with Gasteiger partial charge in [0.2, 0.25) is 5.91 Å². The summed E-state index contributed by atoms with van der Waals surface area (Å²) in [6.07, 6.45) is 4.00. The third kappa shape index (κ3) is 4.19. The first-order valence-corrected chi connectivity index (χ1v) is 7.81. The van der Waals surface area contributed by atoms with E-state index in [0.29, 0.717) is 10.7 Å². The van der Waals surface area contributed by atoms with Crippen LogP contribution < -0.4 is 21.5 Å². The molecule has 0 saturated carbocycles. The van der Waals surface area contributed by atoms with Gasteiger partial charge in [0.1, 0.15) is 0 Å². The van der Waals surface area contributed by atoms with Crippen molar-refractivity contribution in [2.45, 2.75) is 0 Å². The van der Waals surface area contributed by atoms with Crippen LogP contribution in [0.15, 0.2) is 40.1 Å². The zero-order chi connectivity index (χ0) is 18.7. The highest BCUT2D eigenvalue weighted by atomic mass is 35.5. The Bertz CT molecular complexity index is 957. The molecule has 0 saturated heterocycles. The second kappa shape index (κ2) is 7.40. The smallest absolute Gasteiger partial charge is 0.330 e. The van der Waals surface area contributed by atoms with Gasteiger partial charge in [-0.1, -0.05) is 11.6 Å². The standard InChI is InChI=1S/C17H19ClN4O3/c1-20(2)14-7-6-12(18)9-13(14)19-15(23)8-5-11-10-21(3)17(25)22(4)16(11)24/h5-10H,1-4H3,(H,19,23)/b8-5+. The van der Waals surface area contributed by atoms with E-state index >= 15 is 0 Å². The first-order chi connectivity index (χ1) is 11.7. The second-order valence-corrected chi connectivity index (χ2v) is 6.16. The normalized spacial score (nSPS) is 10.9. The Morgan fingerprint density at radius 1 is 1.24 bits per heavy atom. The molecule has 1 amide bonds. The van der Waals surface area contributed by atoms with E-state index in [9.17, 15) is 14.4 Å². The monoisotopic (exact) mass is 362 g/mol. The van der Waals surface area contributed by atoms with Crippen LogP contribution in [0.2, 0.25) is 5.02 Å². The van der Waals surface area contributed by atoms with E-state index in [0.717, 1.165) is 10.3 Å². The summed E-state index contributed by atoms with van der Waals surface area (Å²) in [5.74, 6) is -0.415. The van der Waals surface area contributed by atoms with Crippen molar-refractivity contribution in [1.29, 1.82) is 0 Å². The van der Waals surface area contributed by atoms with Crippen LogP contribution in [-0.2, 0) is 18.9 Å². The van der Waals surface area contributed by atoms with Crippen molar-refractivity contribution in [1.82, 2.24) is 9.13 Å². The lowest BCUT2D eigenvalue weighted by Crippen LogP contribution is -2.37. The molecule has 0 unspecified atom stereocenters. The molecule has 0 bridgehead atoms. The fourth-order valence-corrected chi connectivity index (χ4v) is 2.46. The lowest BCUT2D eigenvalue weighted by atomic mass is 10.2. The van der Waals surface area contributed by atoms with E-state index in [1.807, 2.05) is 19.0 Å². The fourth-order valence-electron chi connectivity index (χ4n) is 2.29. The number of benzene rings is 1. The Hall–Kier alpha value is -2.80. The number of amides is 1. The number of halogens is 1. The molecule has 1 aromatic carbocycles. The molecule has 1 heterocycles. The van der Waals surface area contributed by atoms with Crippen molar-refractivity contribution in [3.8, 4) is 0 Å². The van der Waals surface area contributed by atoms with Gasteiger partial charge < -0.3 is 14.8 Å². The minimum atomic E-state index is -0.469. The molecule has 0 aliphatic heterocycles. The van der Waals surface area contributed by atoms with Gasteiger partial charge in [-0.05, 0) is 24.3 Å². The average molecular weight is 363 g/mol. The summed E-state index contributed by atoms with van der Waals surface area (Å²) in [5.41, 5.74) is 0.688. The first-order valence-electron chi connectivity index (χ1n) is 7.43. The first kappa shape index (κ1) is 18.5. The van der Waals surface area contributed by atoms with E-state index in [1.54, 1.807) is 18.2 Å². The van der Waals surface area contributed by atoms with Crippen molar-refractivity contribution >= 4 is 35.0 Å². The van der Waals surface area contributed by atoms with Gasteiger partial charge >= 0.3 is 5.69 Å². The van der Waals surface area contributed by atoms with Crippen molar-refractivity contribution in [3.63, 3.8) is 0 Å². The van der Waals surface area contributed by atoms with Crippen LogP contribution in [0.25, 0.3) is 6.08 Å². The average Bonchev–Trinajstić information content (AvgIpc) is 2.54. The quantitative estimate of drug-likeness (QED) is 0.835. The number of hydrogen-bond donors (Lipinski definition) is 1. The van der Waals surface area contributed by atoms with Crippen molar-refractivity contribution < 1.29 is 4.79 Å². The molecule has 0 radical (unpaired) electrons. The van der Waals surface area contributed by atoms with Gasteiger partial charge in [0.25, 0.3) is 5.56 Å². The van der Waals surface area contributed by atoms with Crippen LogP contribution in [-0.4, -0.2) is 29.1 Å². The van der Waals surface area contributed by atoms with Crippen molar-refractivity contribution in [2.75, 3.05) is 24.3 Å². The summed E-state index contributed by atoms with van der Waals surface area (Å²) in [6.45, 7) is 0. The molecular weight excluding hydrogens is 344 g/mol. The molecule has 132 valence electrons. The number of anilines is 2. The lowest BCUT2D eigenvalue weighted by molar-refractivity contribution is -0.111. The molecule has 0 aliphatic rings. The van der Waals surface area contributed by atoms with Crippen LogP contribution in [0.3, 0.4) is 0 Å². The number of rotatable bonds is 4. The minimum absolute atomic E-state index is 0.235. The molecule has 7 nitrogen and oxygen atoms in total. The molecule has 8 heteroatoms. The summed E-state index contributed by atoms with van der Waals surface area (Å²) in [6, 6.07) is 5.18. The molecule has 2 aromatic rings. The Balaban J connectivity index is 2.27. The molecule has 0 spiro atoms. The van der Waals surface area contributed by atoms with Crippen LogP contribution >= 0.6 is 11.6 Å². The molecule has 0 fully saturated rings. The van der Waals surface area contributed by atoms with E-state index in [2.05, 4.69) is 5.32 Å². The molecular formula is C17H19ClN4O3. The highest BCUT2D eigenvalue weighted by molar-refractivity contribution is 6.31. The number of nitrogens with zero attached hydrogens (tertiary/aromatic N) is 3. The van der Waals surface area contributed by atoms with Gasteiger partial charge in [0.05, 0.1) is 16.9 Å². The minimum Gasteiger partial charge on any atom is -0.376 e. The number of hydrogen-bond acceptors (Lipinski definition) is 4. The number of aromatic nitrogens is 2. The van der Waals surface area contributed by atoms with Gasteiger partial charge in [-0.15, -0.1) is 0 Å². The molecule has 25 heavy (non-hydrogen) atoms. The van der Waals surface area contributed by atoms with E-state index in [-0.39, 0.29) is 5.56 Å². The Labute approximate surface area is 149 Å². The number of carbonyl (C=O) groups excluding carboxylic acids is 1. The predicted octanol–water partition coefficient (Wildman–Crippen LogP) is 1.46. The zero-order valence-corrected chi connectivity index (χ0v) is 15.2. The third-order valence-corrected chi connectivity index (χ3v) is 3.82. The van der Waals surface area contributed by atoms with Gasteiger partial charge in [-0.25, -0.2) is 4.79 Å². The van der Waals surface area contributed by atoms with E-state index in [1.165, 1.54) is 37.0 Å². The van der Waals surface area contributed by atoms with Crippen molar-refractivity contribution in [2.24, 2.45) is 14.1 Å². The van der Waals surface area contributed by atoms with Crippen LogP contribution in [0.5, 0.6) is 0 Å². The third-order valence-electron chi connectivity index (χ3n) is 3.59. The van der Waals surface area contributed by atoms with Crippen LogP contribution in [0.4, 0.5) is 11.4 Å². The van der Waals surface area contributed by atoms with Crippen molar-refractivity contribution in [3.05, 3.63) is 61.9 Å². The van der Waals surface area contributed by atoms with Gasteiger partial charge in [0.15, 0.2) is 0 Å². The highest BCUT2D eigenvalue weighted by Gasteiger charge is 2.09. The summed E-state index contributed by atoms with van der Waals surface area (Å²) in [7, 11) is 6.62. The topological polar surface area (TPSA) is 76.3 Å². The van der Waals surface area contributed by atoms with E-state index in [4.69, 9.17) is 11.6 Å². The highest BCUT2D eigenvalue weighted by Crippen LogP contribution is 2.27. The lowest BCUT2D eigenvalue weighted by Gasteiger charge is -2.17. The number of nitrogens with one attached hydrogen (secondary N) is 1. The summed E-state index contributed by atoms with van der Waals surface area (Å²) < 4.78 is 2.26. The summed E-state index contributed by atoms with van der Waals surface area (Å²) in [5, 5.41) is 3.23. The largest absolute Gasteiger partial charge is 0.376 e. The Morgan fingerprint density at radius 2 is 1.92 bits per heavy atom. The van der Waals surface area contributed by atoms with Gasteiger partial charge in [-0.3, -0.25) is 14.2 Å². The Morgan fingerprint density at radius 3 is 2.56 bits per heavy atom. The molecule has 0 aliphatic carbocycles. The Kier molecular flexibility index (Phi) is 5.48. The molecule has 1 aromatic heterocycles. The second-order valence-electron chi connectivity index (χ2n) is 5.72. The SMILES string of the molecule is CN(C)c1ccc(Cl)cc1NC(=O)/C=C/c1cn(C)c(=O)n(C)c1=O. The maximum absolute atomic E-state index is 12.2.